The summed E-state index contributed by atoms with van der Waals surface area (Å²) in [5.74, 6) is 2.30. The minimum absolute atomic E-state index is 0.527. The number of H-pyrrole nitrogens is 1. The Morgan fingerprint density at radius 1 is 1.00 bits per heavy atom. The molecule has 2 aromatic carbocycles. The molecule has 0 bridgehead atoms. The molecule has 0 aliphatic carbocycles. The van der Waals surface area contributed by atoms with Crippen molar-refractivity contribution in [3.8, 4) is 28.6 Å². The number of aromatic amines is 1. The van der Waals surface area contributed by atoms with Crippen molar-refractivity contribution in [2.45, 2.75) is 0 Å². The first-order chi connectivity index (χ1) is 10.7. The smallest absolute Gasteiger partial charge is 0.200 e. The third-order valence-corrected chi connectivity index (χ3v) is 3.61. The van der Waals surface area contributed by atoms with E-state index in [0.717, 1.165) is 28.6 Å². The van der Waals surface area contributed by atoms with Gasteiger partial charge in [-0.05, 0) is 48.6 Å². The lowest BCUT2D eigenvalue weighted by atomic mass is 10.2. The Bertz CT molecular complexity index is 837. The zero-order chi connectivity index (χ0) is 15.5. The van der Waals surface area contributed by atoms with Gasteiger partial charge in [0, 0.05) is 11.6 Å². The molecule has 0 spiro atoms. The molecule has 1 aromatic heterocycles. The summed E-state index contributed by atoms with van der Waals surface area (Å²) in [4.78, 5) is 0. The molecule has 112 valence electrons. The molecular formula is C16H15N3O2S. The van der Waals surface area contributed by atoms with Gasteiger partial charge in [0.25, 0.3) is 0 Å². The average molecular weight is 313 g/mol. The maximum absolute atomic E-state index is 5.36. The van der Waals surface area contributed by atoms with Crippen molar-refractivity contribution < 1.29 is 9.47 Å². The molecule has 22 heavy (non-hydrogen) atoms. The summed E-state index contributed by atoms with van der Waals surface area (Å²) in [6.45, 7) is 0. The van der Waals surface area contributed by atoms with Crippen LogP contribution in [-0.4, -0.2) is 29.0 Å². The van der Waals surface area contributed by atoms with Crippen LogP contribution < -0.4 is 9.47 Å². The Hall–Kier alpha value is -2.60. The maximum atomic E-state index is 5.36. The van der Waals surface area contributed by atoms with Crippen LogP contribution in [0.4, 0.5) is 0 Å². The predicted molar refractivity (Wildman–Crippen MR) is 87.3 cm³/mol. The molecule has 0 aliphatic heterocycles. The van der Waals surface area contributed by atoms with Crippen molar-refractivity contribution in [1.82, 2.24) is 14.8 Å². The molecule has 0 radical (unpaired) electrons. The minimum atomic E-state index is 0.527. The van der Waals surface area contributed by atoms with Crippen LogP contribution in [0.1, 0.15) is 0 Å². The predicted octanol–water partition coefficient (Wildman–Crippen LogP) is 3.61. The summed E-state index contributed by atoms with van der Waals surface area (Å²) in [6, 6.07) is 15.4. The Balaban J connectivity index is 2.12. The van der Waals surface area contributed by atoms with Crippen molar-refractivity contribution in [3.05, 3.63) is 53.3 Å². The van der Waals surface area contributed by atoms with Crippen molar-refractivity contribution in [2.24, 2.45) is 0 Å². The summed E-state index contributed by atoms with van der Waals surface area (Å²) in [6.07, 6.45) is 0. The van der Waals surface area contributed by atoms with Crippen LogP contribution in [0.15, 0.2) is 48.5 Å². The van der Waals surface area contributed by atoms with Gasteiger partial charge in [-0.15, -0.1) is 0 Å². The van der Waals surface area contributed by atoms with Gasteiger partial charge in [0.05, 0.1) is 19.9 Å². The topological polar surface area (TPSA) is 52.1 Å². The van der Waals surface area contributed by atoms with Gasteiger partial charge in [-0.1, -0.05) is 6.07 Å². The van der Waals surface area contributed by atoms with E-state index >= 15 is 0 Å². The van der Waals surface area contributed by atoms with Gasteiger partial charge in [0.2, 0.25) is 0 Å². The first kappa shape index (κ1) is 14.3. The van der Waals surface area contributed by atoms with Gasteiger partial charge in [0.1, 0.15) is 11.5 Å². The van der Waals surface area contributed by atoms with Gasteiger partial charge in [0.15, 0.2) is 10.6 Å². The normalized spacial score (nSPS) is 10.5. The molecule has 6 heteroatoms. The van der Waals surface area contributed by atoms with Crippen LogP contribution in [0.5, 0.6) is 11.5 Å². The molecular weight excluding hydrogens is 298 g/mol. The number of methoxy groups -OCH3 is 2. The molecule has 0 atom stereocenters. The lowest BCUT2D eigenvalue weighted by molar-refractivity contribution is 0.414. The van der Waals surface area contributed by atoms with E-state index in [-0.39, 0.29) is 0 Å². The fourth-order valence-corrected chi connectivity index (χ4v) is 2.46. The van der Waals surface area contributed by atoms with Crippen LogP contribution in [-0.2, 0) is 0 Å². The second kappa shape index (κ2) is 6.03. The number of benzene rings is 2. The van der Waals surface area contributed by atoms with E-state index in [2.05, 4.69) is 10.2 Å². The van der Waals surface area contributed by atoms with Crippen molar-refractivity contribution in [1.29, 1.82) is 0 Å². The molecule has 0 saturated heterocycles. The van der Waals surface area contributed by atoms with Gasteiger partial charge in [-0.2, -0.15) is 5.10 Å². The van der Waals surface area contributed by atoms with E-state index in [4.69, 9.17) is 21.7 Å². The van der Waals surface area contributed by atoms with Gasteiger partial charge < -0.3 is 9.47 Å². The quantitative estimate of drug-likeness (QED) is 0.748. The van der Waals surface area contributed by atoms with Crippen LogP contribution in [0.3, 0.4) is 0 Å². The Kier molecular flexibility index (Phi) is 3.93. The van der Waals surface area contributed by atoms with E-state index in [9.17, 15) is 0 Å². The largest absolute Gasteiger partial charge is 0.497 e. The molecule has 3 aromatic rings. The highest BCUT2D eigenvalue weighted by atomic mass is 32.1. The lowest BCUT2D eigenvalue weighted by Crippen LogP contribution is -1.98. The van der Waals surface area contributed by atoms with Crippen molar-refractivity contribution in [3.63, 3.8) is 0 Å². The Labute approximate surface area is 133 Å². The highest BCUT2D eigenvalue weighted by Crippen LogP contribution is 2.25. The third kappa shape index (κ3) is 2.60. The molecule has 0 fully saturated rings. The second-order valence-corrected chi connectivity index (χ2v) is 5.00. The number of ether oxygens (including phenoxy) is 2. The average Bonchev–Trinajstić information content (AvgIpc) is 2.96. The fourth-order valence-electron chi connectivity index (χ4n) is 2.22. The van der Waals surface area contributed by atoms with Crippen LogP contribution in [0.25, 0.3) is 17.1 Å². The number of rotatable bonds is 4. The number of nitrogens with one attached hydrogen (secondary N) is 1. The Morgan fingerprint density at radius 3 is 2.41 bits per heavy atom. The molecule has 3 rings (SSSR count). The van der Waals surface area contributed by atoms with Gasteiger partial charge in [-0.25, -0.2) is 0 Å². The van der Waals surface area contributed by atoms with E-state index in [0.29, 0.717) is 4.77 Å². The van der Waals surface area contributed by atoms with Crippen LogP contribution in [0.2, 0.25) is 0 Å². The summed E-state index contributed by atoms with van der Waals surface area (Å²) in [5, 5.41) is 7.18. The zero-order valence-electron chi connectivity index (χ0n) is 12.2. The SMILES string of the molecule is COc1ccc(-c2n[nH]c(=S)n2-c2cccc(OC)c2)cc1. The molecule has 0 saturated carbocycles. The highest BCUT2D eigenvalue weighted by Gasteiger charge is 2.11. The summed E-state index contributed by atoms with van der Waals surface area (Å²) >= 11 is 5.36. The van der Waals surface area contributed by atoms with E-state index in [1.165, 1.54) is 0 Å². The monoisotopic (exact) mass is 313 g/mol. The van der Waals surface area contributed by atoms with Crippen molar-refractivity contribution >= 4 is 12.2 Å². The molecule has 5 nitrogen and oxygen atoms in total. The standard InChI is InChI=1S/C16H15N3O2S/c1-20-13-8-6-11(7-9-13)15-17-18-16(22)19(15)12-4-3-5-14(10-12)21-2/h3-10H,1-2H3,(H,18,22). The molecule has 0 aliphatic rings. The van der Waals surface area contributed by atoms with Gasteiger partial charge in [-0.3, -0.25) is 9.67 Å². The summed E-state index contributed by atoms with van der Waals surface area (Å²) in [5.41, 5.74) is 1.83. The first-order valence-corrected chi connectivity index (χ1v) is 7.10. The number of nitrogens with zero attached hydrogens (tertiary/aromatic N) is 2. The maximum Gasteiger partial charge on any atom is 0.200 e. The molecule has 1 heterocycles. The number of hydrogen-bond acceptors (Lipinski definition) is 4. The lowest BCUT2D eigenvalue weighted by Gasteiger charge is -2.09. The first-order valence-electron chi connectivity index (χ1n) is 6.69. The van der Waals surface area contributed by atoms with E-state index < -0.39 is 0 Å². The summed E-state index contributed by atoms with van der Waals surface area (Å²) < 4.78 is 12.9. The van der Waals surface area contributed by atoms with Crippen molar-refractivity contribution in [2.75, 3.05) is 14.2 Å². The third-order valence-electron chi connectivity index (χ3n) is 3.33. The van der Waals surface area contributed by atoms with E-state index in [1.54, 1.807) is 14.2 Å². The van der Waals surface area contributed by atoms with Crippen LogP contribution in [0, 0.1) is 4.77 Å². The Morgan fingerprint density at radius 2 is 1.73 bits per heavy atom. The van der Waals surface area contributed by atoms with Gasteiger partial charge >= 0.3 is 0 Å². The highest BCUT2D eigenvalue weighted by molar-refractivity contribution is 7.71. The summed E-state index contributed by atoms with van der Waals surface area (Å²) in [7, 11) is 3.28. The zero-order valence-corrected chi connectivity index (χ0v) is 13.1. The number of hydrogen-bond donors (Lipinski definition) is 1. The van der Waals surface area contributed by atoms with E-state index in [1.807, 2.05) is 53.1 Å². The second-order valence-electron chi connectivity index (χ2n) is 4.62. The fraction of sp³-hybridized carbons (Fsp3) is 0.125. The molecule has 0 amide bonds. The molecule has 1 N–H and O–H groups in total. The van der Waals surface area contributed by atoms with Crippen LogP contribution >= 0.6 is 12.2 Å². The number of aromatic nitrogens is 3. The molecule has 0 unspecified atom stereocenters. The minimum Gasteiger partial charge on any atom is -0.497 e.